The second-order valence-electron chi connectivity index (χ2n) is 5.23. The van der Waals surface area contributed by atoms with Crippen LogP contribution >= 0.6 is 0 Å². The molecule has 0 amide bonds. The number of benzene rings is 2. The van der Waals surface area contributed by atoms with Gasteiger partial charge in [-0.25, -0.2) is 0 Å². The van der Waals surface area contributed by atoms with Gasteiger partial charge in [0, 0.05) is 12.0 Å². The van der Waals surface area contributed by atoms with Crippen molar-refractivity contribution in [2.45, 2.75) is 32.2 Å². The monoisotopic (exact) mass is 253 g/mol. The van der Waals surface area contributed by atoms with E-state index < -0.39 is 0 Å². The molecule has 1 nitrogen and oxygen atoms in total. The molecular formula is C18H23N. The highest BCUT2D eigenvalue weighted by Gasteiger charge is 2.24. The SMILES string of the molecule is CCC(N)C(C)C(c1ccccc1)c1ccccc1. The molecule has 19 heavy (non-hydrogen) atoms. The zero-order valence-electron chi connectivity index (χ0n) is 11.8. The topological polar surface area (TPSA) is 26.0 Å². The molecule has 0 saturated carbocycles. The maximum absolute atomic E-state index is 6.29. The molecule has 0 bridgehead atoms. The van der Waals surface area contributed by atoms with E-state index in [1.165, 1.54) is 11.1 Å². The molecule has 2 aromatic rings. The van der Waals surface area contributed by atoms with Gasteiger partial charge in [-0.3, -0.25) is 0 Å². The zero-order valence-corrected chi connectivity index (χ0v) is 11.8. The van der Waals surface area contributed by atoms with Crippen molar-refractivity contribution < 1.29 is 0 Å². The first-order valence-corrected chi connectivity index (χ1v) is 7.09. The molecule has 0 saturated heterocycles. The third-order valence-electron chi connectivity index (χ3n) is 3.99. The quantitative estimate of drug-likeness (QED) is 0.849. The lowest BCUT2D eigenvalue weighted by Gasteiger charge is -2.29. The molecule has 0 aliphatic heterocycles. The molecule has 2 rings (SSSR count). The fourth-order valence-electron chi connectivity index (χ4n) is 2.74. The molecule has 100 valence electrons. The van der Waals surface area contributed by atoms with Gasteiger partial charge in [-0.15, -0.1) is 0 Å². The Morgan fingerprint density at radius 1 is 0.842 bits per heavy atom. The normalized spacial score (nSPS) is 14.3. The van der Waals surface area contributed by atoms with E-state index >= 15 is 0 Å². The molecule has 0 radical (unpaired) electrons. The third kappa shape index (κ3) is 3.24. The van der Waals surface area contributed by atoms with E-state index in [2.05, 4.69) is 74.5 Å². The minimum absolute atomic E-state index is 0.227. The van der Waals surface area contributed by atoms with Gasteiger partial charge < -0.3 is 5.73 Å². The van der Waals surface area contributed by atoms with Crippen LogP contribution in [0.5, 0.6) is 0 Å². The summed E-state index contributed by atoms with van der Waals surface area (Å²) < 4.78 is 0. The van der Waals surface area contributed by atoms with Crippen molar-refractivity contribution >= 4 is 0 Å². The molecule has 0 fully saturated rings. The summed E-state index contributed by atoms with van der Waals surface area (Å²) in [5, 5.41) is 0. The fourth-order valence-corrected chi connectivity index (χ4v) is 2.74. The van der Waals surface area contributed by atoms with Gasteiger partial charge in [-0.2, -0.15) is 0 Å². The van der Waals surface area contributed by atoms with Crippen LogP contribution in [0.15, 0.2) is 60.7 Å². The Morgan fingerprint density at radius 3 is 1.63 bits per heavy atom. The fraction of sp³-hybridized carbons (Fsp3) is 0.333. The van der Waals surface area contributed by atoms with Crippen LogP contribution in [-0.2, 0) is 0 Å². The predicted molar refractivity (Wildman–Crippen MR) is 82.2 cm³/mol. The largest absolute Gasteiger partial charge is 0.327 e. The molecule has 1 heteroatoms. The minimum atomic E-state index is 0.227. The summed E-state index contributed by atoms with van der Waals surface area (Å²) in [5.41, 5.74) is 9.00. The van der Waals surface area contributed by atoms with Crippen LogP contribution in [0, 0.1) is 5.92 Å². The smallest absolute Gasteiger partial charge is 0.0130 e. The van der Waals surface area contributed by atoms with Gasteiger partial charge in [0.2, 0.25) is 0 Å². The molecule has 2 unspecified atom stereocenters. The third-order valence-corrected chi connectivity index (χ3v) is 3.99. The van der Waals surface area contributed by atoms with Crippen LogP contribution in [0.25, 0.3) is 0 Å². The van der Waals surface area contributed by atoms with E-state index in [4.69, 9.17) is 5.73 Å². The molecule has 2 N–H and O–H groups in total. The van der Waals surface area contributed by atoms with Crippen molar-refractivity contribution in [2.24, 2.45) is 11.7 Å². The van der Waals surface area contributed by atoms with E-state index in [1.54, 1.807) is 0 Å². The summed E-state index contributed by atoms with van der Waals surface area (Å²) in [6.45, 7) is 4.42. The standard InChI is InChI=1S/C18H23N/c1-3-17(19)14(2)18(15-10-6-4-7-11-15)16-12-8-5-9-13-16/h4-14,17-18H,3,19H2,1-2H3. The van der Waals surface area contributed by atoms with Crippen LogP contribution in [-0.4, -0.2) is 6.04 Å². The van der Waals surface area contributed by atoms with Gasteiger partial charge in [0.25, 0.3) is 0 Å². The first kappa shape index (κ1) is 13.8. The van der Waals surface area contributed by atoms with E-state index in [9.17, 15) is 0 Å². The zero-order chi connectivity index (χ0) is 13.7. The lowest BCUT2D eigenvalue weighted by Crippen LogP contribution is -2.32. The number of rotatable bonds is 5. The van der Waals surface area contributed by atoms with Crippen LogP contribution in [0.2, 0.25) is 0 Å². The predicted octanol–water partition coefficient (Wildman–Crippen LogP) is 4.19. The highest BCUT2D eigenvalue weighted by molar-refractivity contribution is 5.33. The van der Waals surface area contributed by atoms with Crippen LogP contribution in [0.4, 0.5) is 0 Å². The summed E-state index contributed by atoms with van der Waals surface area (Å²) in [6, 6.07) is 21.6. The van der Waals surface area contributed by atoms with E-state index in [0.29, 0.717) is 11.8 Å². The molecule has 0 aromatic heterocycles. The summed E-state index contributed by atoms with van der Waals surface area (Å²) in [5.74, 6) is 0.798. The number of hydrogen-bond acceptors (Lipinski definition) is 1. The first-order valence-electron chi connectivity index (χ1n) is 7.09. The Kier molecular flexibility index (Phi) is 4.75. The molecule has 0 aliphatic carbocycles. The summed E-state index contributed by atoms with van der Waals surface area (Å²) in [6.07, 6.45) is 1.01. The molecule has 0 spiro atoms. The second-order valence-corrected chi connectivity index (χ2v) is 5.23. The van der Waals surface area contributed by atoms with Gasteiger partial charge in [0.05, 0.1) is 0 Å². The van der Waals surface area contributed by atoms with Gasteiger partial charge in [-0.1, -0.05) is 74.5 Å². The molecule has 0 heterocycles. The molecule has 2 atom stereocenters. The minimum Gasteiger partial charge on any atom is -0.327 e. The maximum Gasteiger partial charge on any atom is 0.0130 e. The van der Waals surface area contributed by atoms with E-state index in [0.717, 1.165) is 6.42 Å². The van der Waals surface area contributed by atoms with Crippen molar-refractivity contribution in [1.82, 2.24) is 0 Å². The lowest BCUT2D eigenvalue weighted by molar-refractivity contribution is 0.402. The Morgan fingerprint density at radius 2 is 1.26 bits per heavy atom. The van der Waals surface area contributed by atoms with Crippen molar-refractivity contribution in [2.75, 3.05) is 0 Å². The van der Waals surface area contributed by atoms with Crippen LogP contribution < -0.4 is 5.73 Å². The summed E-state index contributed by atoms with van der Waals surface area (Å²) >= 11 is 0. The van der Waals surface area contributed by atoms with Crippen LogP contribution in [0.3, 0.4) is 0 Å². The Balaban J connectivity index is 2.40. The lowest BCUT2D eigenvalue weighted by atomic mass is 9.78. The molecule has 2 aromatic carbocycles. The highest BCUT2D eigenvalue weighted by Crippen LogP contribution is 2.33. The molecular weight excluding hydrogens is 230 g/mol. The van der Waals surface area contributed by atoms with Gasteiger partial charge >= 0.3 is 0 Å². The first-order chi connectivity index (χ1) is 9.24. The van der Waals surface area contributed by atoms with Crippen molar-refractivity contribution in [3.63, 3.8) is 0 Å². The Labute approximate surface area is 116 Å². The summed E-state index contributed by atoms with van der Waals surface area (Å²) in [7, 11) is 0. The number of hydrogen-bond donors (Lipinski definition) is 1. The summed E-state index contributed by atoms with van der Waals surface area (Å²) in [4.78, 5) is 0. The maximum atomic E-state index is 6.29. The van der Waals surface area contributed by atoms with Crippen molar-refractivity contribution in [1.29, 1.82) is 0 Å². The Bertz CT molecular complexity index is 438. The van der Waals surface area contributed by atoms with Gasteiger partial charge in [-0.05, 0) is 23.5 Å². The van der Waals surface area contributed by atoms with E-state index in [-0.39, 0.29) is 6.04 Å². The van der Waals surface area contributed by atoms with Crippen LogP contribution in [0.1, 0.15) is 37.3 Å². The van der Waals surface area contributed by atoms with Crippen molar-refractivity contribution in [3.05, 3.63) is 71.8 Å². The van der Waals surface area contributed by atoms with Gasteiger partial charge in [0.15, 0.2) is 0 Å². The van der Waals surface area contributed by atoms with E-state index in [1.807, 2.05) is 0 Å². The average molecular weight is 253 g/mol. The highest BCUT2D eigenvalue weighted by atomic mass is 14.6. The van der Waals surface area contributed by atoms with Gasteiger partial charge in [0.1, 0.15) is 0 Å². The Hall–Kier alpha value is -1.60. The number of nitrogens with two attached hydrogens (primary N) is 1. The molecule has 0 aliphatic rings. The van der Waals surface area contributed by atoms with Crippen molar-refractivity contribution in [3.8, 4) is 0 Å². The second kappa shape index (κ2) is 6.53. The average Bonchev–Trinajstić information content (AvgIpc) is 2.49.